The lowest BCUT2D eigenvalue weighted by molar-refractivity contribution is -0.0256. The molecule has 3 aromatic rings. The molecule has 0 saturated carbocycles. The van der Waals surface area contributed by atoms with Gasteiger partial charge in [0.05, 0.1) is 12.2 Å². The van der Waals surface area contributed by atoms with E-state index < -0.39 is 12.5 Å². The van der Waals surface area contributed by atoms with Crippen LogP contribution >= 0.6 is 11.3 Å². The largest absolute Gasteiger partial charge is 0.457 e. The molecule has 0 bridgehead atoms. The summed E-state index contributed by atoms with van der Waals surface area (Å²) in [6, 6.07) is 6.90. The molecule has 0 aromatic carbocycles. The Morgan fingerprint density at radius 3 is 2.48 bits per heavy atom. The van der Waals surface area contributed by atoms with Crippen molar-refractivity contribution in [1.29, 1.82) is 0 Å². The molecule has 3 heterocycles. The van der Waals surface area contributed by atoms with Crippen LogP contribution in [-0.4, -0.2) is 32.3 Å². The fourth-order valence-corrected chi connectivity index (χ4v) is 3.22. The van der Waals surface area contributed by atoms with Gasteiger partial charge in [0.1, 0.15) is 0 Å². The van der Waals surface area contributed by atoms with Gasteiger partial charge in [0, 0.05) is 40.7 Å². The molecule has 0 radical (unpaired) electrons. The molecule has 0 aliphatic heterocycles. The third kappa shape index (κ3) is 5.16. The highest BCUT2D eigenvalue weighted by molar-refractivity contribution is 7.11. The van der Waals surface area contributed by atoms with Gasteiger partial charge in [-0.25, -0.2) is 23.4 Å². The summed E-state index contributed by atoms with van der Waals surface area (Å²) < 4.78 is 31.9. The van der Waals surface area contributed by atoms with Crippen molar-refractivity contribution >= 4 is 11.3 Å². The van der Waals surface area contributed by atoms with E-state index in [1.54, 1.807) is 17.4 Å². The summed E-state index contributed by atoms with van der Waals surface area (Å²) in [7, 11) is 0. The maximum Gasteiger partial charge on any atom is 0.316 e. The van der Waals surface area contributed by atoms with E-state index in [2.05, 4.69) is 22.0 Å². The lowest BCUT2D eigenvalue weighted by Gasteiger charge is -2.10. The predicted octanol–water partition coefficient (Wildman–Crippen LogP) is 3.41. The molecule has 0 amide bonds. The Balaban J connectivity index is 1.77. The van der Waals surface area contributed by atoms with E-state index in [-0.39, 0.29) is 11.6 Å². The van der Waals surface area contributed by atoms with E-state index >= 15 is 0 Å². The predicted molar refractivity (Wildman–Crippen MR) is 98.4 cm³/mol. The number of nitrogens with zero attached hydrogens (tertiary/aromatic N) is 4. The van der Waals surface area contributed by atoms with Crippen molar-refractivity contribution in [3.05, 3.63) is 56.8 Å². The van der Waals surface area contributed by atoms with Crippen molar-refractivity contribution in [3.8, 4) is 17.3 Å². The van der Waals surface area contributed by atoms with Crippen LogP contribution in [0.5, 0.6) is 6.01 Å². The monoisotopic (exact) mass is 392 g/mol. The summed E-state index contributed by atoms with van der Waals surface area (Å²) in [5.74, 6) is -2.96. The van der Waals surface area contributed by atoms with Crippen molar-refractivity contribution in [2.75, 3.05) is 6.61 Å². The number of ether oxygens (including phenoxy) is 1. The minimum absolute atomic E-state index is 0.140. The van der Waals surface area contributed by atoms with E-state index in [1.807, 2.05) is 12.1 Å². The van der Waals surface area contributed by atoms with Gasteiger partial charge in [0.25, 0.3) is 11.5 Å². The molecule has 0 fully saturated rings. The van der Waals surface area contributed by atoms with Crippen LogP contribution in [0.2, 0.25) is 0 Å². The van der Waals surface area contributed by atoms with E-state index in [1.165, 1.54) is 28.0 Å². The van der Waals surface area contributed by atoms with Crippen LogP contribution in [0, 0.1) is 0 Å². The quantitative estimate of drug-likeness (QED) is 0.616. The van der Waals surface area contributed by atoms with Crippen LogP contribution in [0.25, 0.3) is 11.3 Å². The molecule has 0 aliphatic carbocycles. The zero-order valence-corrected chi connectivity index (χ0v) is 15.7. The van der Waals surface area contributed by atoms with Crippen LogP contribution < -0.4 is 10.3 Å². The fraction of sp³-hybridized carbons (Fsp3) is 0.333. The molecule has 0 N–H and O–H groups in total. The average molecular weight is 392 g/mol. The Morgan fingerprint density at radius 2 is 1.85 bits per heavy atom. The lowest BCUT2D eigenvalue weighted by atomic mass is 10.2. The zero-order valence-electron chi connectivity index (χ0n) is 14.9. The van der Waals surface area contributed by atoms with Crippen LogP contribution in [0.1, 0.15) is 23.6 Å². The number of halogens is 2. The second-order valence-corrected chi connectivity index (χ2v) is 7.30. The lowest BCUT2D eigenvalue weighted by Crippen LogP contribution is -2.22. The summed E-state index contributed by atoms with van der Waals surface area (Å²) in [5.41, 5.74) is 0.852. The normalized spacial score (nSPS) is 11.6. The van der Waals surface area contributed by atoms with Crippen LogP contribution in [0.3, 0.4) is 0 Å². The van der Waals surface area contributed by atoms with Gasteiger partial charge in [-0.05, 0) is 24.6 Å². The van der Waals surface area contributed by atoms with Crippen LogP contribution in [-0.2, 0) is 13.0 Å². The molecule has 0 unspecified atom stereocenters. The molecule has 6 nitrogen and oxygen atoms in total. The third-order valence-electron chi connectivity index (χ3n) is 3.62. The molecular formula is C18H18F2N4O2S. The molecule has 3 rings (SSSR count). The number of hydrogen-bond acceptors (Lipinski definition) is 6. The second kappa shape index (κ2) is 7.91. The minimum Gasteiger partial charge on any atom is -0.457 e. The highest BCUT2D eigenvalue weighted by atomic mass is 32.1. The average Bonchev–Trinajstić information content (AvgIpc) is 3.09. The smallest absolute Gasteiger partial charge is 0.316 e. The molecule has 0 atom stereocenters. The van der Waals surface area contributed by atoms with Crippen molar-refractivity contribution < 1.29 is 13.5 Å². The summed E-state index contributed by atoms with van der Waals surface area (Å²) in [6.45, 7) is 2.42. The Hall–Kier alpha value is -2.68. The highest BCUT2D eigenvalue weighted by Gasteiger charge is 2.22. The Labute approximate surface area is 158 Å². The first-order valence-corrected chi connectivity index (χ1v) is 9.14. The van der Waals surface area contributed by atoms with Gasteiger partial charge in [-0.1, -0.05) is 6.92 Å². The molecule has 0 aliphatic rings. The van der Waals surface area contributed by atoms with Gasteiger partial charge in [-0.3, -0.25) is 4.79 Å². The standard InChI is InChI=1S/C18H18F2N4O2S/c1-3-13-4-5-14(27-13)10-24-16(25)7-6-15(23-24)12-8-21-17(22-9-12)26-11-18(2,19)20/h4-9H,3,10-11H2,1-2H3. The fourth-order valence-electron chi connectivity index (χ4n) is 2.28. The number of aromatic nitrogens is 4. The number of aryl methyl sites for hydroxylation is 1. The first-order valence-electron chi connectivity index (χ1n) is 8.33. The summed E-state index contributed by atoms with van der Waals surface area (Å²) in [5, 5.41) is 4.36. The zero-order chi connectivity index (χ0) is 19.4. The number of alkyl halides is 2. The SMILES string of the molecule is CCc1ccc(Cn2nc(-c3cnc(OCC(C)(F)F)nc3)ccc2=O)s1. The molecule has 27 heavy (non-hydrogen) atoms. The van der Waals surface area contributed by atoms with E-state index in [9.17, 15) is 13.6 Å². The van der Waals surface area contributed by atoms with Gasteiger partial charge in [0.15, 0.2) is 6.61 Å². The number of hydrogen-bond donors (Lipinski definition) is 0. The minimum atomic E-state index is -2.96. The van der Waals surface area contributed by atoms with Gasteiger partial charge in [-0.15, -0.1) is 11.3 Å². The molecule has 9 heteroatoms. The molecular weight excluding hydrogens is 374 g/mol. The Bertz CT molecular complexity index is 964. The highest BCUT2D eigenvalue weighted by Crippen LogP contribution is 2.19. The third-order valence-corrected chi connectivity index (χ3v) is 4.83. The van der Waals surface area contributed by atoms with Crippen LogP contribution in [0.4, 0.5) is 8.78 Å². The Kier molecular flexibility index (Phi) is 5.59. The molecule has 0 spiro atoms. The van der Waals surface area contributed by atoms with Gasteiger partial charge in [0.2, 0.25) is 0 Å². The molecule has 0 saturated heterocycles. The van der Waals surface area contributed by atoms with Gasteiger partial charge < -0.3 is 4.74 Å². The van der Waals surface area contributed by atoms with E-state index in [4.69, 9.17) is 4.74 Å². The maximum atomic E-state index is 12.8. The van der Waals surface area contributed by atoms with Crippen molar-refractivity contribution in [3.63, 3.8) is 0 Å². The van der Waals surface area contributed by atoms with Crippen molar-refractivity contribution in [1.82, 2.24) is 19.7 Å². The summed E-state index contributed by atoms with van der Waals surface area (Å²) in [6.07, 6.45) is 3.80. The first kappa shape index (κ1) is 19.1. The molecule has 142 valence electrons. The van der Waals surface area contributed by atoms with Gasteiger partial charge in [-0.2, -0.15) is 5.10 Å². The molecule has 3 aromatic heterocycles. The number of thiophene rings is 1. The van der Waals surface area contributed by atoms with Crippen molar-refractivity contribution in [2.45, 2.75) is 32.7 Å². The van der Waals surface area contributed by atoms with Crippen LogP contribution in [0.15, 0.2) is 41.5 Å². The van der Waals surface area contributed by atoms with E-state index in [0.29, 0.717) is 17.8 Å². The summed E-state index contributed by atoms with van der Waals surface area (Å²) in [4.78, 5) is 22.2. The van der Waals surface area contributed by atoms with Crippen molar-refractivity contribution in [2.24, 2.45) is 0 Å². The number of rotatable bonds is 7. The maximum absolute atomic E-state index is 12.8. The van der Waals surface area contributed by atoms with E-state index in [0.717, 1.165) is 18.2 Å². The topological polar surface area (TPSA) is 69.9 Å². The second-order valence-electron chi connectivity index (χ2n) is 6.05. The summed E-state index contributed by atoms with van der Waals surface area (Å²) >= 11 is 1.65. The first-order chi connectivity index (χ1) is 12.8. The Morgan fingerprint density at radius 1 is 1.15 bits per heavy atom. The van der Waals surface area contributed by atoms with Gasteiger partial charge >= 0.3 is 6.01 Å².